The van der Waals surface area contributed by atoms with Crippen molar-refractivity contribution in [3.8, 4) is 56.0 Å². The molecular weight excluding hydrogens is 811 g/mol. The van der Waals surface area contributed by atoms with Crippen LogP contribution in [-0.2, 0) is 5.41 Å². The van der Waals surface area contributed by atoms with Gasteiger partial charge in [-0.15, -0.1) is 0 Å². The van der Waals surface area contributed by atoms with E-state index in [-0.39, 0.29) is 0 Å². The topological polar surface area (TPSA) is 12.5 Å². The van der Waals surface area contributed by atoms with Crippen molar-refractivity contribution in [2.75, 3.05) is 4.90 Å². The maximum Gasteiger partial charge on any atom is 0.132 e. The lowest BCUT2D eigenvalue weighted by Crippen LogP contribution is -2.32. The van der Waals surface area contributed by atoms with Crippen LogP contribution in [0.5, 0.6) is 11.5 Å². The van der Waals surface area contributed by atoms with Gasteiger partial charge in [0.25, 0.3) is 0 Å². The van der Waals surface area contributed by atoms with Gasteiger partial charge in [-0.2, -0.15) is 0 Å². The van der Waals surface area contributed by atoms with E-state index in [9.17, 15) is 0 Å². The smallest absolute Gasteiger partial charge is 0.132 e. The van der Waals surface area contributed by atoms with E-state index in [2.05, 4.69) is 254 Å². The zero-order valence-corrected chi connectivity index (χ0v) is 36.9. The normalized spacial score (nSPS) is 13.8. The zero-order valence-electron chi connectivity index (χ0n) is 36.9. The highest BCUT2D eigenvalue weighted by Crippen LogP contribution is 2.63. The Labute approximate surface area is 392 Å². The summed E-state index contributed by atoms with van der Waals surface area (Å²) in [7, 11) is 0. The molecule has 0 radical (unpaired) electrons. The van der Waals surface area contributed by atoms with Gasteiger partial charge >= 0.3 is 0 Å². The minimum absolute atomic E-state index is 0.600. The van der Waals surface area contributed by atoms with E-state index in [0.717, 1.165) is 58.1 Å². The van der Waals surface area contributed by atoms with Crippen molar-refractivity contribution in [2.24, 2.45) is 0 Å². The lowest BCUT2D eigenvalue weighted by molar-refractivity contribution is 0.436. The summed E-state index contributed by atoms with van der Waals surface area (Å²) in [5.41, 5.74) is 19.6. The molecule has 67 heavy (non-hydrogen) atoms. The molecule has 2 aliphatic carbocycles. The number of nitrogens with zero attached hydrogens (tertiary/aromatic N) is 1. The molecule has 0 saturated carbocycles. The predicted molar refractivity (Wildman–Crippen MR) is 279 cm³/mol. The van der Waals surface area contributed by atoms with Gasteiger partial charge in [-0.1, -0.05) is 200 Å². The molecule has 13 rings (SSSR count). The van der Waals surface area contributed by atoms with Crippen molar-refractivity contribution < 1.29 is 4.74 Å². The molecule has 0 bridgehead atoms. The predicted octanol–water partition coefficient (Wildman–Crippen LogP) is 17.5. The van der Waals surface area contributed by atoms with Gasteiger partial charge in [0.2, 0.25) is 0 Å². The zero-order chi connectivity index (χ0) is 44.3. The minimum Gasteiger partial charge on any atom is -0.457 e. The lowest BCUT2D eigenvalue weighted by Gasteiger charge is -2.39. The van der Waals surface area contributed by atoms with Crippen molar-refractivity contribution in [3.63, 3.8) is 0 Å². The Morgan fingerprint density at radius 1 is 0.358 bits per heavy atom. The molecule has 10 aromatic rings. The molecular formula is C65H45NO. The van der Waals surface area contributed by atoms with Crippen molar-refractivity contribution in [3.05, 3.63) is 277 Å². The molecule has 0 fully saturated rings. The number of allylic oxidation sites excluding steroid dienone is 4. The van der Waals surface area contributed by atoms with E-state index in [4.69, 9.17) is 4.74 Å². The van der Waals surface area contributed by atoms with Crippen molar-refractivity contribution >= 4 is 33.4 Å². The number of hydrogen-bond donors (Lipinski definition) is 0. The van der Waals surface area contributed by atoms with Gasteiger partial charge in [-0.25, -0.2) is 0 Å². The lowest BCUT2D eigenvalue weighted by atomic mass is 9.66. The molecule has 2 nitrogen and oxygen atoms in total. The average Bonchev–Trinajstić information content (AvgIpc) is 3.69. The van der Waals surface area contributed by atoms with E-state index < -0.39 is 5.41 Å². The third kappa shape index (κ3) is 6.25. The number of anilines is 3. The summed E-state index contributed by atoms with van der Waals surface area (Å²) in [5, 5.41) is 2.48. The SMILES string of the molecule is C1=CC(c2ccccc2-c2ccccc2-c2ccccc2N(c2ccc(-c3ccc4ccccc4c3)cc2)c2ccc3c(c2)C2(c4ccccc4Oc4ccccc42)c2ccccc2-3)=CCC1. The van der Waals surface area contributed by atoms with Crippen LogP contribution in [-0.4, -0.2) is 0 Å². The fourth-order valence-corrected chi connectivity index (χ4v) is 11.2. The van der Waals surface area contributed by atoms with E-state index in [1.54, 1.807) is 0 Å². The highest BCUT2D eigenvalue weighted by molar-refractivity contribution is 5.98. The van der Waals surface area contributed by atoms with Crippen LogP contribution in [0.15, 0.2) is 249 Å². The first-order valence-corrected chi connectivity index (χ1v) is 23.4. The second-order valence-corrected chi connectivity index (χ2v) is 17.8. The van der Waals surface area contributed by atoms with Crippen LogP contribution in [0, 0.1) is 0 Å². The third-order valence-electron chi connectivity index (χ3n) is 14.2. The van der Waals surface area contributed by atoms with Gasteiger partial charge in [0.15, 0.2) is 0 Å². The van der Waals surface area contributed by atoms with E-state index in [1.807, 2.05) is 0 Å². The highest BCUT2D eigenvalue weighted by Gasteiger charge is 2.51. The van der Waals surface area contributed by atoms with Crippen LogP contribution in [0.25, 0.3) is 60.9 Å². The third-order valence-corrected chi connectivity index (χ3v) is 14.2. The fraction of sp³-hybridized carbons (Fsp3) is 0.0462. The van der Waals surface area contributed by atoms with Gasteiger partial charge in [0.05, 0.1) is 11.1 Å². The molecule has 316 valence electrons. The second-order valence-electron chi connectivity index (χ2n) is 17.8. The van der Waals surface area contributed by atoms with Crippen LogP contribution in [0.2, 0.25) is 0 Å². The van der Waals surface area contributed by atoms with E-state index in [0.29, 0.717) is 0 Å². The maximum absolute atomic E-state index is 6.72. The standard InChI is InChI=1S/C65H45NO/c1-2-19-46(20-3-1)51-22-6-7-23-52(51)53-24-8-9-25-54(53)57-27-11-15-31-62(57)66(49-38-36-45(37-39-49)48-35-34-44-18-4-5-21-47(44)42-48)50-40-41-56-55-26-10-12-28-58(55)65(61(56)43-50)59-29-13-16-32-63(59)67-64-33-17-14-30-60(64)65/h2,4-43H,1,3H2. The molecule has 0 saturated heterocycles. The monoisotopic (exact) mass is 855 g/mol. The summed E-state index contributed by atoms with van der Waals surface area (Å²) in [6.07, 6.45) is 9.10. The summed E-state index contributed by atoms with van der Waals surface area (Å²) in [5.74, 6) is 1.77. The number of para-hydroxylation sites is 3. The van der Waals surface area contributed by atoms with Crippen LogP contribution >= 0.6 is 0 Å². The quantitative estimate of drug-likeness (QED) is 0.158. The molecule has 0 atom stereocenters. The largest absolute Gasteiger partial charge is 0.457 e. The van der Waals surface area contributed by atoms with Gasteiger partial charge in [0, 0.05) is 28.1 Å². The van der Waals surface area contributed by atoms with Gasteiger partial charge < -0.3 is 9.64 Å². The molecule has 1 spiro atoms. The molecule has 1 aliphatic heterocycles. The van der Waals surface area contributed by atoms with Crippen molar-refractivity contribution in [1.82, 2.24) is 0 Å². The van der Waals surface area contributed by atoms with Gasteiger partial charge in [-0.3, -0.25) is 0 Å². The highest BCUT2D eigenvalue weighted by atomic mass is 16.5. The minimum atomic E-state index is -0.600. The number of fused-ring (bicyclic) bond motifs is 10. The van der Waals surface area contributed by atoms with Crippen LogP contribution in [0.1, 0.15) is 40.7 Å². The molecule has 3 aliphatic rings. The fourth-order valence-electron chi connectivity index (χ4n) is 11.2. The molecule has 0 unspecified atom stereocenters. The number of ether oxygens (including phenoxy) is 1. The van der Waals surface area contributed by atoms with Crippen LogP contribution in [0.3, 0.4) is 0 Å². The molecule has 10 aromatic carbocycles. The Morgan fingerprint density at radius 2 is 0.896 bits per heavy atom. The van der Waals surface area contributed by atoms with Crippen molar-refractivity contribution in [2.45, 2.75) is 18.3 Å². The second kappa shape index (κ2) is 15.9. The molecule has 0 aromatic heterocycles. The maximum atomic E-state index is 6.72. The van der Waals surface area contributed by atoms with Crippen LogP contribution in [0.4, 0.5) is 17.1 Å². The van der Waals surface area contributed by atoms with Crippen LogP contribution < -0.4 is 9.64 Å². The summed E-state index contributed by atoms with van der Waals surface area (Å²) >= 11 is 0. The first kappa shape index (κ1) is 39.0. The molecule has 0 N–H and O–H groups in total. The summed E-state index contributed by atoms with van der Waals surface area (Å²) < 4.78 is 6.72. The Morgan fingerprint density at radius 3 is 1.61 bits per heavy atom. The Kier molecular flexibility index (Phi) is 9.25. The Balaban J connectivity index is 1.04. The number of benzene rings is 10. The van der Waals surface area contributed by atoms with E-state index >= 15 is 0 Å². The first-order valence-electron chi connectivity index (χ1n) is 23.4. The summed E-state index contributed by atoms with van der Waals surface area (Å²) in [6.45, 7) is 0. The number of hydrogen-bond acceptors (Lipinski definition) is 2. The summed E-state index contributed by atoms with van der Waals surface area (Å²) in [6, 6.07) is 84.6. The average molecular weight is 856 g/mol. The number of rotatable bonds is 7. The Bertz CT molecular complexity index is 3580. The molecule has 0 amide bonds. The Hall–Kier alpha value is -8.46. The van der Waals surface area contributed by atoms with Gasteiger partial charge in [0.1, 0.15) is 11.5 Å². The van der Waals surface area contributed by atoms with E-state index in [1.165, 1.54) is 72.0 Å². The van der Waals surface area contributed by atoms with Crippen molar-refractivity contribution in [1.29, 1.82) is 0 Å². The molecule has 2 heteroatoms. The summed E-state index contributed by atoms with van der Waals surface area (Å²) in [4.78, 5) is 2.47. The first-order chi connectivity index (χ1) is 33.2. The molecule has 1 heterocycles. The van der Waals surface area contributed by atoms with Gasteiger partial charge in [-0.05, 0) is 133 Å².